The number of phenolic OH excluding ortho intramolecular Hbond substituents is 2. The highest BCUT2D eigenvalue weighted by atomic mass is 32.2. The van der Waals surface area contributed by atoms with Gasteiger partial charge in [-0.25, -0.2) is 0 Å². The molecule has 7 nitrogen and oxygen atoms in total. The zero-order valence-corrected chi connectivity index (χ0v) is 13.1. The molecule has 0 fully saturated rings. The van der Waals surface area contributed by atoms with Crippen molar-refractivity contribution in [3.8, 4) is 11.5 Å². The lowest BCUT2D eigenvalue weighted by Gasteiger charge is -2.06. The Labute approximate surface area is 126 Å². The second-order valence-corrected chi connectivity index (χ2v) is 8.15. The molecule has 1 aromatic carbocycles. The number of thioether (sulfide) groups is 1. The number of aromatic hydroxyl groups is 2. The Hall–Kier alpha value is -1.01. The van der Waals surface area contributed by atoms with E-state index in [1.807, 2.05) is 6.26 Å². The van der Waals surface area contributed by atoms with E-state index >= 15 is 0 Å². The molecule has 0 aliphatic heterocycles. The molecule has 0 atom stereocenters. The van der Waals surface area contributed by atoms with Gasteiger partial charge in [-0.1, -0.05) is 34.9 Å². The van der Waals surface area contributed by atoms with Crippen molar-refractivity contribution in [1.29, 1.82) is 0 Å². The Morgan fingerprint density at radius 3 is 2.40 bits per heavy atom. The first-order valence-corrected chi connectivity index (χ1v) is 9.20. The van der Waals surface area contributed by atoms with Crippen LogP contribution >= 0.6 is 34.9 Å². The number of phenols is 2. The molecule has 2 aromatic rings. The summed E-state index contributed by atoms with van der Waals surface area (Å²) in [5, 5.41) is 26.9. The van der Waals surface area contributed by atoms with E-state index in [0.29, 0.717) is 8.68 Å². The van der Waals surface area contributed by atoms with Gasteiger partial charge in [0.25, 0.3) is 10.1 Å². The summed E-state index contributed by atoms with van der Waals surface area (Å²) in [6.45, 7) is 0. The molecule has 1 heterocycles. The lowest BCUT2D eigenvalue weighted by atomic mass is 10.3. The molecule has 0 saturated carbocycles. The van der Waals surface area contributed by atoms with Gasteiger partial charge in [0.2, 0.25) is 0 Å². The molecule has 0 unspecified atom stereocenters. The molecule has 11 heteroatoms. The van der Waals surface area contributed by atoms with Gasteiger partial charge in [0.15, 0.2) is 20.2 Å². The Morgan fingerprint density at radius 1 is 1.20 bits per heavy atom. The molecule has 0 bridgehead atoms. The van der Waals surface area contributed by atoms with E-state index in [4.69, 9.17) is 4.55 Å². The van der Waals surface area contributed by atoms with Crippen molar-refractivity contribution in [2.24, 2.45) is 0 Å². The summed E-state index contributed by atoms with van der Waals surface area (Å²) in [5.41, 5.74) is 0. The second-order valence-electron chi connectivity index (χ2n) is 3.40. The lowest BCUT2D eigenvalue weighted by Crippen LogP contribution is -1.98. The van der Waals surface area contributed by atoms with E-state index in [-0.39, 0.29) is 4.90 Å². The van der Waals surface area contributed by atoms with E-state index in [9.17, 15) is 18.6 Å². The molecular formula is C9H8N2O5S4. The highest BCUT2D eigenvalue weighted by Gasteiger charge is 2.18. The Bertz CT molecular complexity index is 743. The number of hydrogen-bond donors (Lipinski definition) is 3. The van der Waals surface area contributed by atoms with Crippen LogP contribution in [0, 0.1) is 0 Å². The lowest BCUT2D eigenvalue weighted by molar-refractivity contribution is 0.392. The van der Waals surface area contributed by atoms with Gasteiger partial charge in [-0.3, -0.25) is 4.55 Å². The third-order valence-electron chi connectivity index (χ3n) is 2.09. The van der Waals surface area contributed by atoms with Gasteiger partial charge >= 0.3 is 0 Å². The molecule has 1 aromatic heterocycles. The van der Waals surface area contributed by atoms with Crippen LogP contribution in [0.15, 0.2) is 30.6 Å². The molecule has 2 rings (SSSR count). The van der Waals surface area contributed by atoms with Crippen molar-refractivity contribution < 1.29 is 23.2 Å². The zero-order valence-electron chi connectivity index (χ0n) is 9.84. The smallest absolute Gasteiger partial charge is 0.294 e. The van der Waals surface area contributed by atoms with Crippen LogP contribution in [0.2, 0.25) is 0 Å². The molecule has 0 saturated heterocycles. The van der Waals surface area contributed by atoms with Gasteiger partial charge in [-0.15, -0.1) is 10.2 Å². The van der Waals surface area contributed by atoms with Crippen molar-refractivity contribution >= 4 is 45.0 Å². The van der Waals surface area contributed by atoms with Gasteiger partial charge in [0, 0.05) is 6.07 Å². The van der Waals surface area contributed by atoms with Gasteiger partial charge < -0.3 is 10.2 Å². The maximum atomic E-state index is 11.1. The van der Waals surface area contributed by atoms with Gasteiger partial charge in [-0.2, -0.15) is 8.42 Å². The summed E-state index contributed by atoms with van der Waals surface area (Å²) in [5.74, 6) is -1.12. The summed E-state index contributed by atoms with van der Waals surface area (Å²) < 4.78 is 32.3. The zero-order chi connectivity index (χ0) is 14.9. The average Bonchev–Trinajstić information content (AvgIpc) is 2.81. The van der Waals surface area contributed by atoms with Gasteiger partial charge in [0.1, 0.15) is 0 Å². The quantitative estimate of drug-likeness (QED) is 0.431. The number of nitrogens with zero attached hydrogens (tertiary/aromatic N) is 2. The van der Waals surface area contributed by atoms with Crippen molar-refractivity contribution in [3.63, 3.8) is 0 Å². The Balaban J connectivity index is 2.43. The first-order valence-electron chi connectivity index (χ1n) is 4.90. The highest BCUT2D eigenvalue weighted by Crippen LogP contribution is 2.42. The van der Waals surface area contributed by atoms with E-state index in [1.165, 1.54) is 23.1 Å². The molecular weight excluding hydrogens is 344 g/mol. The third kappa shape index (κ3) is 3.35. The number of aromatic nitrogens is 2. The van der Waals surface area contributed by atoms with Crippen LogP contribution in [0.5, 0.6) is 11.5 Å². The monoisotopic (exact) mass is 352 g/mol. The number of benzene rings is 1. The largest absolute Gasteiger partial charge is 0.504 e. The van der Waals surface area contributed by atoms with Crippen LogP contribution in [0.25, 0.3) is 0 Å². The fourth-order valence-electron chi connectivity index (χ4n) is 1.21. The predicted molar refractivity (Wildman–Crippen MR) is 75.4 cm³/mol. The molecule has 0 spiro atoms. The summed E-state index contributed by atoms with van der Waals surface area (Å²) in [6.07, 6.45) is 1.83. The minimum absolute atomic E-state index is 0.0569. The molecule has 3 N–H and O–H groups in total. The van der Waals surface area contributed by atoms with E-state index in [1.54, 1.807) is 0 Å². The molecule has 0 aliphatic carbocycles. The summed E-state index contributed by atoms with van der Waals surface area (Å²) in [7, 11) is -4.48. The van der Waals surface area contributed by atoms with Crippen LogP contribution in [-0.4, -0.2) is 39.6 Å². The van der Waals surface area contributed by atoms with E-state index in [0.717, 1.165) is 23.9 Å². The fraction of sp³-hybridized carbons (Fsp3) is 0.111. The first-order chi connectivity index (χ1) is 9.31. The second kappa shape index (κ2) is 5.77. The van der Waals surface area contributed by atoms with Crippen molar-refractivity contribution in [1.82, 2.24) is 10.2 Å². The SMILES string of the molecule is CSc1nnc(Sc2cc(S(=O)(=O)O)cc(O)c2O)s1. The highest BCUT2D eigenvalue weighted by molar-refractivity contribution is 8.03. The minimum Gasteiger partial charge on any atom is -0.504 e. The van der Waals surface area contributed by atoms with Crippen LogP contribution < -0.4 is 0 Å². The maximum Gasteiger partial charge on any atom is 0.294 e. The Kier molecular flexibility index (Phi) is 4.44. The van der Waals surface area contributed by atoms with Crippen LogP contribution in [0.3, 0.4) is 0 Å². The van der Waals surface area contributed by atoms with Crippen LogP contribution in [-0.2, 0) is 10.1 Å². The molecule has 0 radical (unpaired) electrons. The van der Waals surface area contributed by atoms with Crippen LogP contribution in [0.1, 0.15) is 0 Å². The fourth-order valence-corrected chi connectivity index (χ4v) is 4.31. The van der Waals surface area contributed by atoms with Crippen LogP contribution in [0.4, 0.5) is 0 Å². The van der Waals surface area contributed by atoms with E-state index < -0.39 is 26.5 Å². The minimum atomic E-state index is -4.48. The normalized spacial score (nSPS) is 11.7. The van der Waals surface area contributed by atoms with Crippen molar-refractivity contribution in [3.05, 3.63) is 12.1 Å². The summed E-state index contributed by atoms with van der Waals surface area (Å²) in [6, 6.07) is 1.82. The summed E-state index contributed by atoms with van der Waals surface area (Å²) >= 11 is 3.59. The maximum absolute atomic E-state index is 11.1. The molecule has 0 amide bonds. The van der Waals surface area contributed by atoms with Crippen molar-refractivity contribution in [2.75, 3.05) is 6.26 Å². The predicted octanol–water partition coefficient (Wildman–Crippen LogP) is 2.07. The van der Waals surface area contributed by atoms with Gasteiger partial charge in [-0.05, 0) is 12.3 Å². The average molecular weight is 352 g/mol. The van der Waals surface area contributed by atoms with Crippen molar-refractivity contribution in [2.45, 2.75) is 18.5 Å². The standard InChI is InChI=1S/C9H8N2O5S4/c1-17-8-10-11-9(19-8)18-6-3-4(20(14,15)16)2-5(12)7(6)13/h2-3,12-13H,1H3,(H,14,15,16). The first kappa shape index (κ1) is 15.4. The van der Waals surface area contributed by atoms with Gasteiger partial charge in [0.05, 0.1) is 9.79 Å². The topological polar surface area (TPSA) is 121 Å². The number of hydrogen-bond acceptors (Lipinski definition) is 9. The Morgan fingerprint density at radius 2 is 1.85 bits per heavy atom. The molecule has 20 heavy (non-hydrogen) atoms. The molecule has 0 aliphatic rings. The number of rotatable bonds is 4. The third-order valence-corrected chi connectivity index (χ3v) is 5.90. The molecule has 108 valence electrons. The summed E-state index contributed by atoms with van der Waals surface area (Å²) in [4.78, 5) is -0.452. The van der Waals surface area contributed by atoms with E-state index in [2.05, 4.69) is 10.2 Å².